The predicted molar refractivity (Wildman–Crippen MR) is 120 cm³/mol. The molecule has 33 heavy (non-hydrogen) atoms. The van der Waals surface area contributed by atoms with Crippen LogP contribution in [0.15, 0.2) is 72.8 Å². The molecule has 3 aromatic rings. The first-order chi connectivity index (χ1) is 15.8. The molecule has 1 aliphatic heterocycles. The Labute approximate surface area is 189 Å². The quantitative estimate of drug-likeness (QED) is 0.278. The summed E-state index contributed by atoms with van der Waals surface area (Å²) in [6.07, 6.45) is 0.862. The Kier molecular flexibility index (Phi) is 4.92. The summed E-state index contributed by atoms with van der Waals surface area (Å²) < 4.78 is 5.56. The molecule has 164 valence electrons. The molecule has 5 rings (SSSR count). The SMILES string of the molecule is CC1c2cc(OC(=O)c3ccc(N4C(=O)C=CC4=O)cc3)ccc2-c2ccc(C(O)O)cc21. The molecule has 7 heteroatoms. The topological polar surface area (TPSA) is 104 Å². The van der Waals surface area contributed by atoms with Gasteiger partial charge < -0.3 is 14.9 Å². The third kappa shape index (κ3) is 3.53. The smallest absolute Gasteiger partial charge is 0.343 e. The first-order valence-electron chi connectivity index (χ1n) is 10.4. The Morgan fingerprint density at radius 2 is 1.48 bits per heavy atom. The monoisotopic (exact) mass is 441 g/mol. The van der Waals surface area contributed by atoms with Gasteiger partial charge in [0.25, 0.3) is 11.8 Å². The van der Waals surface area contributed by atoms with E-state index in [1.165, 1.54) is 36.4 Å². The lowest BCUT2D eigenvalue weighted by atomic mass is 9.97. The van der Waals surface area contributed by atoms with Crippen LogP contribution in [0.25, 0.3) is 11.1 Å². The zero-order chi connectivity index (χ0) is 23.3. The van der Waals surface area contributed by atoms with E-state index in [0.29, 0.717) is 17.0 Å². The number of carbonyl (C=O) groups is 3. The number of aliphatic hydroxyl groups excluding tert-OH is 1. The minimum atomic E-state index is -1.54. The maximum absolute atomic E-state index is 12.7. The highest BCUT2D eigenvalue weighted by Crippen LogP contribution is 2.46. The third-order valence-corrected chi connectivity index (χ3v) is 6.00. The number of ether oxygens (including phenoxy) is 1. The van der Waals surface area contributed by atoms with E-state index in [9.17, 15) is 24.6 Å². The van der Waals surface area contributed by atoms with Gasteiger partial charge in [-0.1, -0.05) is 25.1 Å². The summed E-state index contributed by atoms with van der Waals surface area (Å²) in [7, 11) is 0. The highest BCUT2D eigenvalue weighted by atomic mass is 16.5. The van der Waals surface area contributed by atoms with Crippen molar-refractivity contribution in [3.63, 3.8) is 0 Å². The van der Waals surface area contributed by atoms with E-state index in [2.05, 4.69) is 0 Å². The highest BCUT2D eigenvalue weighted by Gasteiger charge is 2.28. The summed E-state index contributed by atoms with van der Waals surface area (Å²) >= 11 is 0. The number of fused-ring (bicyclic) bond motifs is 3. The molecule has 0 spiro atoms. The van der Waals surface area contributed by atoms with Crippen LogP contribution in [0.1, 0.15) is 46.2 Å². The number of rotatable bonds is 4. The fraction of sp³-hybridized carbons (Fsp3) is 0.115. The number of amides is 2. The molecule has 1 aliphatic carbocycles. The minimum Gasteiger partial charge on any atom is -0.423 e. The van der Waals surface area contributed by atoms with Crippen LogP contribution in [-0.4, -0.2) is 28.0 Å². The first-order valence-corrected chi connectivity index (χ1v) is 10.4. The normalized spacial score (nSPS) is 16.4. The van der Waals surface area contributed by atoms with Crippen molar-refractivity contribution in [1.29, 1.82) is 0 Å². The molecular weight excluding hydrogens is 422 g/mol. The third-order valence-electron chi connectivity index (χ3n) is 6.00. The lowest BCUT2D eigenvalue weighted by Crippen LogP contribution is -2.29. The van der Waals surface area contributed by atoms with E-state index in [1.54, 1.807) is 18.2 Å². The van der Waals surface area contributed by atoms with Gasteiger partial charge in [-0.3, -0.25) is 9.59 Å². The summed E-state index contributed by atoms with van der Waals surface area (Å²) in [5.74, 6) is -1.03. The van der Waals surface area contributed by atoms with E-state index in [4.69, 9.17) is 4.74 Å². The number of benzene rings is 3. The number of anilines is 1. The van der Waals surface area contributed by atoms with Crippen LogP contribution in [0.4, 0.5) is 5.69 Å². The van der Waals surface area contributed by atoms with Crippen LogP contribution in [0.2, 0.25) is 0 Å². The van der Waals surface area contributed by atoms with Gasteiger partial charge in [0.15, 0.2) is 6.29 Å². The molecule has 0 bridgehead atoms. The summed E-state index contributed by atoms with van der Waals surface area (Å²) in [5.41, 5.74) is 5.07. The van der Waals surface area contributed by atoms with Crippen LogP contribution in [-0.2, 0) is 9.59 Å². The maximum Gasteiger partial charge on any atom is 0.343 e. The van der Waals surface area contributed by atoms with Gasteiger partial charge in [-0.2, -0.15) is 0 Å². The molecular formula is C26H19NO6. The largest absolute Gasteiger partial charge is 0.423 e. The van der Waals surface area contributed by atoms with E-state index in [0.717, 1.165) is 27.2 Å². The van der Waals surface area contributed by atoms with Crippen molar-refractivity contribution in [1.82, 2.24) is 0 Å². The number of esters is 1. The molecule has 3 aromatic carbocycles. The van der Waals surface area contributed by atoms with Crippen molar-refractivity contribution in [2.45, 2.75) is 19.1 Å². The lowest BCUT2D eigenvalue weighted by molar-refractivity contribution is -0.120. The van der Waals surface area contributed by atoms with Crippen molar-refractivity contribution < 1.29 is 29.3 Å². The Morgan fingerprint density at radius 3 is 2.12 bits per heavy atom. The van der Waals surface area contributed by atoms with Gasteiger partial charge in [0.2, 0.25) is 0 Å². The summed E-state index contributed by atoms with van der Waals surface area (Å²) in [4.78, 5) is 37.3. The predicted octanol–water partition coefficient (Wildman–Crippen LogP) is 3.45. The summed E-state index contributed by atoms with van der Waals surface area (Å²) in [6.45, 7) is 2.01. The number of carbonyl (C=O) groups excluding carboxylic acids is 3. The van der Waals surface area contributed by atoms with E-state index >= 15 is 0 Å². The Bertz CT molecular complexity index is 1320. The molecule has 2 aliphatic rings. The van der Waals surface area contributed by atoms with Crippen molar-refractivity contribution in [3.8, 4) is 16.9 Å². The van der Waals surface area contributed by atoms with Crippen LogP contribution in [0.3, 0.4) is 0 Å². The van der Waals surface area contributed by atoms with Crippen molar-refractivity contribution in [3.05, 3.63) is 95.1 Å². The Hall–Kier alpha value is -4.07. The van der Waals surface area contributed by atoms with E-state index < -0.39 is 24.1 Å². The fourth-order valence-corrected chi connectivity index (χ4v) is 4.29. The van der Waals surface area contributed by atoms with Crippen molar-refractivity contribution in [2.24, 2.45) is 0 Å². The number of nitrogens with zero attached hydrogens (tertiary/aromatic N) is 1. The van der Waals surface area contributed by atoms with Gasteiger partial charge in [0, 0.05) is 23.6 Å². The summed E-state index contributed by atoms with van der Waals surface area (Å²) in [5, 5.41) is 18.9. The average Bonchev–Trinajstić information content (AvgIpc) is 3.29. The number of hydrogen-bond acceptors (Lipinski definition) is 6. The van der Waals surface area contributed by atoms with E-state index in [-0.39, 0.29) is 11.5 Å². The Balaban J connectivity index is 1.35. The second-order valence-electron chi connectivity index (χ2n) is 7.97. The molecule has 0 saturated heterocycles. The van der Waals surface area contributed by atoms with Gasteiger partial charge in [0.05, 0.1) is 11.3 Å². The molecule has 0 radical (unpaired) electrons. The van der Waals surface area contributed by atoms with Gasteiger partial charge in [-0.15, -0.1) is 0 Å². The standard InChI is InChI=1S/C26H19NO6/c1-14-21-12-16(25(30)31)4-8-19(21)20-9-7-18(13-22(14)20)33-26(32)15-2-5-17(6-3-15)27-23(28)10-11-24(27)29/h2-14,25,30-31H,1H3. The minimum absolute atomic E-state index is 0.00391. The second-order valence-corrected chi connectivity index (χ2v) is 7.97. The summed E-state index contributed by atoms with van der Waals surface area (Å²) in [6, 6.07) is 16.8. The van der Waals surface area contributed by atoms with Crippen molar-refractivity contribution in [2.75, 3.05) is 4.90 Å². The van der Waals surface area contributed by atoms with Gasteiger partial charge in [0.1, 0.15) is 5.75 Å². The zero-order valence-corrected chi connectivity index (χ0v) is 17.6. The second kappa shape index (κ2) is 7.81. The first kappa shape index (κ1) is 20.8. The molecule has 0 aromatic heterocycles. The molecule has 7 nitrogen and oxygen atoms in total. The zero-order valence-electron chi connectivity index (χ0n) is 17.6. The fourth-order valence-electron chi connectivity index (χ4n) is 4.29. The molecule has 2 amide bonds. The van der Waals surface area contributed by atoms with E-state index in [1.807, 2.05) is 25.1 Å². The van der Waals surface area contributed by atoms with Gasteiger partial charge in [-0.05, 0) is 64.7 Å². The maximum atomic E-state index is 12.7. The number of aliphatic hydroxyl groups is 2. The van der Waals surface area contributed by atoms with Gasteiger partial charge >= 0.3 is 5.97 Å². The molecule has 0 fully saturated rings. The number of imide groups is 1. The van der Waals surface area contributed by atoms with Gasteiger partial charge in [-0.25, -0.2) is 9.69 Å². The number of hydrogen-bond donors (Lipinski definition) is 2. The molecule has 1 unspecified atom stereocenters. The molecule has 2 N–H and O–H groups in total. The van der Waals surface area contributed by atoms with Crippen molar-refractivity contribution >= 4 is 23.5 Å². The van der Waals surface area contributed by atoms with Crippen LogP contribution >= 0.6 is 0 Å². The molecule has 1 atom stereocenters. The molecule has 0 saturated carbocycles. The lowest BCUT2D eigenvalue weighted by Gasteiger charge is -2.14. The highest BCUT2D eigenvalue weighted by molar-refractivity contribution is 6.28. The van der Waals surface area contributed by atoms with Crippen LogP contribution < -0.4 is 9.64 Å². The molecule has 1 heterocycles. The van der Waals surface area contributed by atoms with Crippen LogP contribution in [0, 0.1) is 0 Å². The average molecular weight is 441 g/mol. The van der Waals surface area contributed by atoms with Crippen LogP contribution in [0.5, 0.6) is 5.75 Å². The Morgan fingerprint density at radius 1 is 0.879 bits per heavy atom.